The van der Waals surface area contributed by atoms with E-state index in [0.29, 0.717) is 16.3 Å². The van der Waals surface area contributed by atoms with Crippen molar-refractivity contribution in [3.05, 3.63) is 58.4 Å². The number of carbonyl (C=O) groups excluding carboxylic acids is 2. The van der Waals surface area contributed by atoms with Gasteiger partial charge in [0.2, 0.25) is 0 Å². The largest absolute Gasteiger partial charge is 0.349 e. The van der Waals surface area contributed by atoms with E-state index in [9.17, 15) is 9.59 Å². The van der Waals surface area contributed by atoms with Crippen LogP contribution in [-0.2, 0) is 0 Å². The normalized spacial score (nSPS) is 14.3. The average molecular weight is 358 g/mol. The minimum Gasteiger partial charge on any atom is -0.349 e. The fraction of sp³-hybridized carbons (Fsp3) is 0.316. The van der Waals surface area contributed by atoms with Gasteiger partial charge in [0.25, 0.3) is 11.8 Å². The van der Waals surface area contributed by atoms with Crippen molar-refractivity contribution in [3.63, 3.8) is 0 Å². The molecule has 3 rings (SSSR count). The summed E-state index contributed by atoms with van der Waals surface area (Å²) < 4.78 is 0. The van der Waals surface area contributed by atoms with Crippen molar-refractivity contribution in [1.29, 1.82) is 0 Å². The molecule has 0 spiro atoms. The fourth-order valence-electron chi connectivity index (χ4n) is 2.99. The number of pyridine rings is 1. The van der Waals surface area contributed by atoms with Gasteiger partial charge in [0.1, 0.15) is 5.69 Å². The number of nitrogens with zero attached hydrogens (tertiary/aromatic N) is 1. The monoisotopic (exact) mass is 357 g/mol. The molecule has 2 N–H and O–H groups in total. The molecule has 1 aliphatic carbocycles. The number of nitrogens with one attached hydrogen (secondary N) is 2. The molecule has 0 atom stereocenters. The number of hydrogen-bond acceptors (Lipinski definition) is 3. The Morgan fingerprint density at radius 3 is 2.60 bits per heavy atom. The molecule has 0 saturated heterocycles. The maximum atomic E-state index is 12.4. The molecule has 1 aromatic heterocycles. The van der Waals surface area contributed by atoms with Crippen LogP contribution in [0, 0.1) is 6.92 Å². The van der Waals surface area contributed by atoms with E-state index in [-0.39, 0.29) is 23.6 Å². The maximum absolute atomic E-state index is 12.4. The Morgan fingerprint density at radius 2 is 1.88 bits per heavy atom. The van der Waals surface area contributed by atoms with E-state index in [1.165, 1.54) is 12.3 Å². The van der Waals surface area contributed by atoms with Crippen LogP contribution < -0.4 is 10.6 Å². The molecule has 1 saturated carbocycles. The van der Waals surface area contributed by atoms with E-state index in [1.807, 2.05) is 6.92 Å². The van der Waals surface area contributed by atoms with Crippen molar-refractivity contribution >= 4 is 29.1 Å². The van der Waals surface area contributed by atoms with Crippen LogP contribution in [0.5, 0.6) is 0 Å². The summed E-state index contributed by atoms with van der Waals surface area (Å²) in [6.45, 7) is 1.86. The Hall–Kier alpha value is -2.40. The van der Waals surface area contributed by atoms with Crippen LogP contribution in [-0.4, -0.2) is 22.8 Å². The lowest BCUT2D eigenvalue weighted by molar-refractivity contribution is 0.0937. The second-order valence-electron chi connectivity index (χ2n) is 6.30. The fourth-order valence-corrected chi connectivity index (χ4v) is 3.22. The third-order valence-corrected chi connectivity index (χ3v) is 4.62. The number of carbonyl (C=O) groups is 2. The zero-order valence-electron chi connectivity index (χ0n) is 14.0. The number of anilines is 1. The molecule has 1 aliphatic rings. The van der Waals surface area contributed by atoms with Gasteiger partial charge in [-0.25, -0.2) is 0 Å². The van der Waals surface area contributed by atoms with Gasteiger partial charge in [-0.3, -0.25) is 14.6 Å². The van der Waals surface area contributed by atoms with Gasteiger partial charge in [-0.15, -0.1) is 0 Å². The summed E-state index contributed by atoms with van der Waals surface area (Å²) >= 11 is 5.93. The quantitative estimate of drug-likeness (QED) is 0.869. The zero-order valence-corrected chi connectivity index (χ0v) is 14.8. The van der Waals surface area contributed by atoms with Crippen molar-refractivity contribution in [2.24, 2.45) is 0 Å². The van der Waals surface area contributed by atoms with Crippen molar-refractivity contribution in [2.75, 3.05) is 5.32 Å². The van der Waals surface area contributed by atoms with Gasteiger partial charge in [0, 0.05) is 28.5 Å². The Morgan fingerprint density at radius 1 is 1.12 bits per heavy atom. The summed E-state index contributed by atoms with van der Waals surface area (Å²) in [4.78, 5) is 28.9. The summed E-state index contributed by atoms with van der Waals surface area (Å²) in [7, 11) is 0. The minimum absolute atomic E-state index is 0.161. The van der Waals surface area contributed by atoms with Gasteiger partial charge in [-0.1, -0.05) is 24.4 Å². The lowest BCUT2D eigenvalue weighted by atomic mass is 10.1. The lowest BCUT2D eigenvalue weighted by Crippen LogP contribution is -2.32. The summed E-state index contributed by atoms with van der Waals surface area (Å²) in [6.07, 6.45) is 5.80. The maximum Gasteiger partial charge on any atom is 0.274 e. The number of benzene rings is 1. The van der Waals surface area contributed by atoms with E-state index in [2.05, 4.69) is 15.6 Å². The van der Waals surface area contributed by atoms with E-state index < -0.39 is 0 Å². The number of amides is 2. The summed E-state index contributed by atoms with van der Waals surface area (Å²) in [5, 5.41) is 6.42. The molecule has 0 aliphatic heterocycles. The average Bonchev–Trinajstić information content (AvgIpc) is 3.10. The highest BCUT2D eigenvalue weighted by Gasteiger charge is 2.19. The van der Waals surface area contributed by atoms with Crippen LogP contribution in [0.4, 0.5) is 5.69 Å². The smallest absolute Gasteiger partial charge is 0.274 e. The number of rotatable bonds is 4. The SMILES string of the molecule is Cc1cc(Cl)ccc1NC(=O)c1cc(C(=O)NC2CCCC2)ccn1. The first-order valence-electron chi connectivity index (χ1n) is 8.37. The van der Waals surface area contributed by atoms with Gasteiger partial charge in [0.05, 0.1) is 0 Å². The van der Waals surface area contributed by atoms with Gasteiger partial charge in [-0.2, -0.15) is 0 Å². The number of halogens is 1. The molecule has 130 valence electrons. The molecule has 0 radical (unpaired) electrons. The zero-order chi connectivity index (χ0) is 17.8. The standard InChI is InChI=1S/C19H20ClN3O2/c1-12-10-14(20)6-7-16(12)23-19(25)17-11-13(8-9-21-17)18(24)22-15-4-2-3-5-15/h6-11,15H,2-5H2,1H3,(H,22,24)(H,23,25). The summed E-state index contributed by atoms with van der Waals surface area (Å²) in [6, 6.07) is 8.60. The summed E-state index contributed by atoms with van der Waals surface area (Å²) in [5.74, 6) is -0.521. The highest BCUT2D eigenvalue weighted by molar-refractivity contribution is 6.30. The van der Waals surface area contributed by atoms with E-state index in [0.717, 1.165) is 31.2 Å². The molecule has 2 aromatic rings. The molecule has 5 nitrogen and oxygen atoms in total. The van der Waals surface area contributed by atoms with Crippen LogP contribution >= 0.6 is 11.6 Å². The van der Waals surface area contributed by atoms with Crippen LogP contribution in [0.15, 0.2) is 36.5 Å². The lowest BCUT2D eigenvalue weighted by Gasteiger charge is -2.12. The highest BCUT2D eigenvalue weighted by atomic mass is 35.5. The molecule has 0 bridgehead atoms. The predicted molar refractivity (Wildman–Crippen MR) is 98.1 cm³/mol. The number of hydrogen-bond donors (Lipinski definition) is 2. The molecule has 0 unspecified atom stereocenters. The Kier molecular flexibility index (Phi) is 5.34. The molecule has 25 heavy (non-hydrogen) atoms. The molecule has 1 aromatic carbocycles. The number of aryl methyl sites for hydroxylation is 1. The molecule has 1 heterocycles. The van der Waals surface area contributed by atoms with Gasteiger partial charge in [0.15, 0.2) is 0 Å². The van der Waals surface area contributed by atoms with Crippen LogP contribution in [0.2, 0.25) is 5.02 Å². The Labute approximate surface area is 151 Å². The molecule has 6 heteroatoms. The number of aromatic nitrogens is 1. The first-order chi connectivity index (χ1) is 12.0. The minimum atomic E-state index is -0.360. The van der Waals surface area contributed by atoms with Crippen LogP contribution in [0.25, 0.3) is 0 Å². The van der Waals surface area contributed by atoms with Crippen LogP contribution in [0.1, 0.15) is 52.1 Å². The van der Waals surface area contributed by atoms with Crippen molar-refractivity contribution in [2.45, 2.75) is 38.6 Å². The molecule has 1 fully saturated rings. The van der Waals surface area contributed by atoms with Gasteiger partial charge >= 0.3 is 0 Å². The second-order valence-corrected chi connectivity index (χ2v) is 6.73. The topological polar surface area (TPSA) is 71.1 Å². The van der Waals surface area contributed by atoms with Crippen molar-refractivity contribution in [1.82, 2.24) is 10.3 Å². The van der Waals surface area contributed by atoms with E-state index in [1.54, 1.807) is 24.3 Å². The molecule has 2 amide bonds. The molecular weight excluding hydrogens is 338 g/mol. The third-order valence-electron chi connectivity index (χ3n) is 4.38. The first-order valence-corrected chi connectivity index (χ1v) is 8.75. The predicted octanol–water partition coefficient (Wildman–Crippen LogP) is 3.97. The van der Waals surface area contributed by atoms with Gasteiger partial charge < -0.3 is 10.6 Å². The first kappa shape index (κ1) is 17.4. The third kappa shape index (κ3) is 4.37. The highest BCUT2D eigenvalue weighted by Crippen LogP contribution is 2.20. The van der Waals surface area contributed by atoms with Crippen molar-refractivity contribution < 1.29 is 9.59 Å². The molecular formula is C19H20ClN3O2. The Bertz CT molecular complexity index is 801. The van der Waals surface area contributed by atoms with Crippen molar-refractivity contribution in [3.8, 4) is 0 Å². The van der Waals surface area contributed by atoms with E-state index >= 15 is 0 Å². The van der Waals surface area contributed by atoms with E-state index in [4.69, 9.17) is 11.6 Å². The Balaban J connectivity index is 1.71. The summed E-state index contributed by atoms with van der Waals surface area (Å²) in [5.41, 5.74) is 2.17. The van der Waals surface area contributed by atoms with Crippen LogP contribution in [0.3, 0.4) is 0 Å². The second kappa shape index (κ2) is 7.66. The van der Waals surface area contributed by atoms with Gasteiger partial charge in [-0.05, 0) is 55.7 Å².